The van der Waals surface area contributed by atoms with Crippen molar-refractivity contribution >= 4 is 17.3 Å². The van der Waals surface area contributed by atoms with E-state index in [9.17, 15) is 14.9 Å². The molecule has 22 heavy (non-hydrogen) atoms. The monoisotopic (exact) mass is 300 g/mol. The van der Waals surface area contributed by atoms with Crippen LogP contribution in [0.5, 0.6) is 5.75 Å². The van der Waals surface area contributed by atoms with E-state index in [1.165, 1.54) is 18.2 Å². The third kappa shape index (κ3) is 4.05. The standard InChI is InChI=1S/C16H16N2O4/c1-11-6-8-13(9-7-11)17-16(19)12(2)22-15-5-3-4-14(10-15)18(20)21/h3-10,12H,1-2H3,(H,17,19)/t12-/m0/s1. The molecular formula is C16H16N2O4. The Morgan fingerprint density at radius 1 is 1.23 bits per heavy atom. The molecule has 6 heteroatoms. The fraction of sp³-hybridized carbons (Fsp3) is 0.188. The van der Waals surface area contributed by atoms with Gasteiger partial charge in [0.15, 0.2) is 6.10 Å². The van der Waals surface area contributed by atoms with E-state index in [-0.39, 0.29) is 17.3 Å². The van der Waals surface area contributed by atoms with Gasteiger partial charge in [-0.05, 0) is 32.0 Å². The first-order valence-electron chi connectivity index (χ1n) is 6.74. The summed E-state index contributed by atoms with van der Waals surface area (Å²) in [5, 5.41) is 13.4. The number of nitro benzene ring substituents is 1. The van der Waals surface area contributed by atoms with E-state index in [1.807, 2.05) is 19.1 Å². The Labute approximate surface area is 127 Å². The molecule has 0 saturated carbocycles. The van der Waals surface area contributed by atoms with Gasteiger partial charge in [-0.2, -0.15) is 0 Å². The highest BCUT2D eigenvalue weighted by atomic mass is 16.6. The number of amides is 1. The van der Waals surface area contributed by atoms with Crippen LogP contribution in [0.2, 0.25) is 0 Å². The molecule has 0 aliphatic carbocycles. The maximum absolute atomic E-state index is 12.1. The topological polar surface area (TPSA) is 81.5 Å². The zero-order chi connectivity index (χ0) is 16.1. The number of hydrogen-bond donors (Lipinski definition) is 1. The average Bonchev–Trinajstić information content (AvgIpc) is 2.49. The number of hydrogen-bond acceptors (Lipinski definition) is 4. The molecule has 6 nitrogen and oxygen atoms in total. The highest BCUT2D eigenvalue weighted by Gasteiger charge is 2.16. The summed E-state index contributed by atoms with van der Waals surface area (Å²) in [5.74, 6) is -0.0453. The van der Waals surface area contributed by atoms with Crippen LogP contribution in [0.25, 0.3) is 0 Å². The first kappa shape index (κ1) is 15.5. The number of nitrogens with one attached hydrogen (secondary N) is 1. The van der Waals surface area contributed by atoms with Crippen LogP contribution in [0.4, 0.5) is 11.4 Å². The summed E-state index contributed by atoms with van der Waals surface area (Å²) in [7, 11) is 0. The number of nitro groups is 1. The van der Waals surface area contributed by atoms with Crippen molar-refractivity contribution in [2.75, 3.05) is 5.32 Å². The van der Waals surface area contributed by atoms with Gasteiger partial charge < -0.3 is 10.1 Å². The Morgan fingerprint density at radius 2 is 1.91 bits per heavy atom. The minimum atomic E-state index is -0.775. The number of non-ortho nitro benzene ring substituents is 1. The molecule has 2 aromatic carbocycles. The fourth-order valence-corrected chi connectivity index (χ4v) is 1.81. The minimum absolute atomic E-state index is 0.0800. The first-order valence-corrected chi connectivity index (χ1v) is 6.74. The quantitative estimate of drug-likeness (QED) is 0.678. The van der Waals surface area contributed by atoms with E-state index in [2.05, 4.69) is 5.32 Å². The molecule has 1 amide bonds. The van der Waals surface area contributed by atoms with E-state index in [0.29, 0.717) is 5.69 Å². The summed E-state index contributed by atoms with van der Waals surface area (Å²) in [6.45, 7) is 3.54. The Hall–Kier alpha value is -2.89. The van der Waals surface area contributed by atoms with Crippen molar-refractivity contribution in [2.24, 2.45) is 0 Å². The fourth-order valence-electron chi connectivity index (χ4n) is 1.81. The SMILES string of the molecule is Cc1ccc(NC(=O)[C@H](C)Oc2cccc([N+](=O)[O-])c2)cc1. The molecule has 2 rings (SSSR count). The van der Waals surface area contributed by atoms with Crippen LogP contribution in [0, 0.1) is 17.0 Å². The number of ether oxygens (including phenoxy) is 1. The number of nitrogens with zero attached hydrogens (tertiary/aromatic N) is 1. The van der Waals surface area contributed by atoms with Gasteiger partial charge in [0.2, 0.25) is 0 Å². The van der Waals surface area contributed by atoms with Gasteiger partial charge in [-0.15, -0.1) is 0 Å². The lowest BCUT2D eigenvalue weighted by molar-refractivity contribution is -0.384. The number of anilines is 1. The van der Waals surface area contributed by atoms with Gasteiger partial charge in [0.05, 0.1) is 11.0 Å². The van der Waals surface area contributed by atoms with E-state index < -0.39 is 11.0 Å². The van der Waals surface area contributed by atoms with Gasteiger partial charge in [-0.3, -0.25) is 14.9 Å². The normalized spacial score (nSPS) is 11.5. The molecule has 0 heterocycles. The average molecular weight is 300 g/mol. The Kier molecular flexibility index (Phi) is 4.73. The molecule has 0 aliphatic heterocycles. The van der Waals surface area contributed by atoms with Crippen LogP contribution in [-0.4, -0.2) is 16.9 Å². The smallest absolute Gasteiger partial charge is 0.273 e. The van der Waals surface area contributed by atoms with Crippen molar-refractivity contribution < 1.29 is 14.5 Å². The lowest BCUT2D eigenvalue weighted by Crippen LogP contribution is -2.30. The van der Waals surface area contributed by atoms with E-state index >= 15 is 0 Å². The molecule has 1 atom stereocenters. The maximum Gasteiger partial charge on any atom is 0.273 e. The number of carbonyl (C=O) groups is 1. The summed E-state index contributed by atoms with van der Waals surface area (Å²) in [6, 6.07) is 13.1. The van der Waals surface area contributed by atoms with Crippen LogP contribution in [0.1, 0.15) is 12.5 Å². The summed E-state index contributed by atoms with van der Waals surface area (Å²) < 4.78 is 5.45. The lowest BCUT2D eigenvalue weighted by atomic mass is 10.2. The Balaban J connectivity index is 2.00. The number of rotatable bonds is 5. The third-order valence-electron chi connectivity index (χ3n) is 3.03. The molecule has 114 valence electrons. The van der Waals surface area contributed by atoms with Gasteiger partial charge in [0.1, 0.15) is 5.75 Å². The molecule has 0 aromatic heterocycles. The molecule has 1 N–H and O–H groups in total. The van der Waals surface area contributed by atoms with E-state index in [0.717, 1.165) is 5.56 Å². The van der Waals surface area contributed by atoms with Gasteiger partial charge >= 0.3 is 0 Å². The Morgan fingerprint density at radius 3 is 2.55 bits per heavy atom. The van der Waals surface area contributed by atoms with Gasteiger partial charge in [-0.25, -0.2) is 0 Å². The van der Waals surface area contributed by atoms with Crippen molar-refractivity contribution in [3.05, 3.63) is 64.2 Å². The van der Waals surface area contributed by atoms with Crippen LogP contribution in [0.3, 0.4) is 0 Å². The van der Waals surface area contributed by atoms with E-state index in [1.54, 1.807) is 25.1 Å². The first-order chi connectivity index (χ1) is 10.5. The largest absolute Gasteiger partial charge is 0.481 e. The van der Waals surface area contributed by atoms with Crippen molar-refractivity contribution in [2.45, 2.75) is 20.0 Å². The zero-order valence-corrected chi connectivity index (χ0v) is 12.3. The predicted octanol–water partition coefficient (Wildman–Crippen LogP) is 3.31. The molecule has 0 spiro atoms. The number of carbonyl (C=O) groups excluding carboxylic acids is 1. The summed E-state index contributed by atoms with van der Waals surface area (Å²) >= 11 is 0. The molecule has 0 aliphatic rings. The summed E-state index contributed by atoms with van der Waals surface area (Å²) in [5.41, 5.74) is 1.69. The van der Waals surface area contributed by atoms with Gasteiger partial charge in [0.25, 0.3) is 11.6 Å². The van der Waals surface area contributed by atoms with Crippen molar-refractivity contribution in [3.63, 3.8) is 0 Å². The molecule has 0 saturated heterocycles. The molecule has 0 fully saturated rings. The van der Waals surface area contributed by atoms with Crippen LogP contribution in [-0.2, 0) is 4.79 Å². The van der Waals surface area contributed by atoms with Crippen molar-refractivity contribution in [1.82, 2.24) is 0 Å². The van der Waals surface area contributed by atoms with Crippen molar-refractivity contribution in [1.29, 1.82) is 0 Å². The molecule has 0 radical (unpaired) electrons. The minimum Gasteiger partial charge on any atom is -0.481 e. The molecular weight excluding hydrogens is 284 g/mol. The summed E-state index contributed by atoms with van der Waals surface area (Å²) in [6.07, 6.45) is -0.775. The van der Waals surface area contributed by atoms with Crippen LogP contribution in [0.15, 0.2) is 48.5 Å². The van der Waals surface area contributed by atoms with Crippen LogP contribution >= 0.6 is 0 Å². The second-order valence-electron chi connectivity index (χ2n) is 4.87. The highest BCUT2D eigenvalue weighted by molar-refractivity contribution is 5.94. The number of benzene rings is 2. The second kappa shape index (κ2) is 6.71. The maximum atomic E-state index is 12.1. The number of aryl methyl sites for hydroxylation is 1. The molecule has 0 unspecified atom stereocenters. The Bertz CT molecular complexity index is 683. The van der Waals surface area contributed by atoms with Crippen LogP contribution < -0.4 is 10.1 Å². The van der Waals surface area contributed by atoms with E-state index in [4.69, 9.17) is 4.74 Å². The van der Waals surface area contributed by atoms with Crippen molar-refractivity contribution in [3.8, 4) is 5.75 Å². The third-order valence-corrected chi connectivity index (χ3v) is 3.03. The lowest BCUT2D eigenvalue weighted by Gasteiger charge is -2.14. The molecule has 2 aromatic rings. The zero-order valence-electron chi connectivity index (χ0n) is 12.3. The summed E-state index contributed by atoms with van der Waals surface area (Å²) in [4.78, 5) is 22.3. The molecule has 0 bridgehead atoms. The van der Waals surface area contributed by atoms with Gasteiger partial charge in [0, 0.05) is 11.8 Å². The predicted molar refractivity (Wildman–Crippen MR) is 83.0 cm³/mol. The van der Waals surface area contributed by atoms with Gasteiger partial charge in [-0.1, -0.05) is 23.8 Å². The second-order valence-corrected chi connectivity index (χ2v) is 4.87. The highest BCUT2D eigenvalue weighted by Crippen LogP contribution is 2.20.